The molecule has 0 fully saturated rings. The number of rotatable bonds is 4. The Morgan fingerprint density at radius 3 is 2.67 bits per heavy atom. The molecular weight excluding hydrogens is 147 g/mol. The molecule has 0 aliphatic heterocycles. The minimum atomic E-state index is -1.49. The van der Waals surface area contributed by atoms with Crippen molar-refractivity contribution in [1.29, 1.82) is 0 Å². The molecule has 0 heterocycles. The summed E-state index contributed by atoms with van der Waals surface area (Å²) in [6, 6.07) is 0. The van der Waals surface area contributed by atoms with Crippen LogP contribution < -0.4 is 0 Å². The largest absolute Gasteiger partial charge is 0.371 e. The lowest BCUT2D eigenvalue weighted by atomic mass is 10.3. The van der Waals surface area contributed by atoms with E-state index in [1.807, 2.05) is 0 Å². The Hall–Kier alpha value is -0.160. The van der Waals surface area contributed by atoms with E-state index in [2.05, 4.69) is 4.89 Å². The van der Waals surface area contributed by atoms with Crippen LogP contribution in [-0.2, 0) is 9.68 Å². The number of Topliss-reactive ketones (excluding diaryl/α,β-unsaturated/α-hetero) is 1. The maximum atomic E-state index is 10.3. The number of aliphatic hydroxyl groups is 1. The highest BCUT2D eigenvalue weighted by Gasteiger charge is 2.09. The molecule has 0 aliphatic rings. The normalized spacial score (nSPS) is 13.2. The van der Waals surface area contributed by atoms with Crippen molar-refractivity contribution in [2.45, 2.75) is 12.0 Å². The molecule has 0 amide bonds. The SMILES string of the molecule is O=C(CCOO)C(O)Cl. The Morgan fingerprint density at radius 2 is 2.33 bits per heavy atom. The van der Waals surface area contributed by atoms with Gasteiger partial charge in [0.05, 0.1) is 6.61 Å². The van der Waals surface area contributed by atoms with E-state index in [1.54, 1.807) is 0 Å². The zero-order chi connectivity index (χ0) is 7.28. The van der Waals surface area contributed by atoms with Crippen LogP contribution in [0.2, 0.25) is 0 Å². The molecule has 0 aromatic heterocycles. The zero-order valence-electron chi connectivity index (χ0n) is 4.58. The summed E-state index contributed by atoms with van der Waals surface area (Å²) >= 11 is 4.93. The molecule has 0 aromatic rings. The first-order chi connectivity index (χ1) is 4.18. The van der Waals surface area contributed by atoms with E-state index >= 15 is 0 Å². The lowest BCUT2D eigenvalue weighted by Crippen LogP contribution is -2.14. The third kappa shape index (κ3) is 4.35. The molecule has 4 nitrogen and oxygen atoms in total. The summed E-state index contributed by atoms with van der Waals surface area (Å²) in [6.45, 7) is -0.136. The fourth-order valence-corrected chi connectivity index (χ4v) is 0.374. The van der Waals surface area contributed by atoms with Crippen LogP contribution in [0.3, 0.4) is 0 Å². The number of alkyl halides is 1. The van der Waals surface area contributed by atoms with Crippen molar-refractivity contribution >= 4 is 17.4 Å². The van der Waals surface area contributed by atoms with Gasteiger partial charge in [-0.3, -0.25) is 10.1 Å². The van der Waals surface area contributed by atoms with E-state index in [-0.39, 0.29) is 13.0 Å². The minimum absolute atomic E-state index is 0.0822. The Kier molecular flexibility index (Phi) is 4.61. The first-order valence-corrected chi connectivity index (χ1v) is 2.73. The molecule has 5 heteroatoms. The highest BCUT2D eigenvalue weighted by Crippen LogP contribution is 1.95. The predicted molar refractivity (Wildman–Crippen MR) is 30.1 cm³/mol. The molecule has 54 valence electrons. The number of hydrogen-bond acceptors (Lipinski definition) is 4. The van der Waals surface area contributed by atoms with Crippen molar-refractivity contribution < 1.29 is 20.0 Å². The Bertz CT molecular complexity index is 92.6. The number of carbonyl (C=O) groups excluding carboxylic acids is 1. The fraction of sp³-hybridized carbons (Fsp3) is 0.750. The Balaban J connectivity index is 3.28. The summed E-state index contributed by atoms with van der Waals surface area (Å²) < 4.78 is 0. The van der Waals surface area contributed by atoms with E-state index in [0.29, 0.717) is 0 Å². The third-order valence-corrected chi connectivity index (χ3v) is 0.949. The lowest BCUT2D eigenvalue weighted by molar-refractivity contribution is -0.242. The van der Waals surface area contributed by atoms with Crippen LogP contribution in [-0.4, -0.2) is 28.3 Å². The van der Waals surface area contributed by atoms with Gasteiger partial charge < -0.3 is 5.11 Å². The monoisotopic (exact) mass is 154 g/mol. The quantitative estimate of drug-likeness (QED) is 0.340. The Labute approximate surface area is 56.9 Å². The molecule has 0 rings (SSSR count). The van der Waals surface area contributed by atoms with Gasteiger partial charge in [0.25, 0.3) is 0 Å². The van der Waals surface area contributed by atoms with Gasteiger partial charge in [-0.15, -0.1) is 0 Å². The van der Waals surface area contributed by atoms with Crippen LogP contribution in [0, 0.1) is 0 Å². The average Bonchev–Trinajstić information content (AvgIpc) is 1.82. The van der Waals surface area contributed by atoms with Crippen LogP contribution >= 0.6 is 11.6 Å². The minimum Gasteiger partial charge on any atom is -0.371 e. The van der Waals surface area contributed by atoms with Gasteiger partial charge in [-0.2, -0.15) is 0 Å². The number of carbonyl (C=O) groups is 1. The van der Waals surface area contributed by atoms with Gasteiger partial charge in [0.15, 0.2) is 11.3 Å². The summed E-state index contributed by atoms with van der Waals surface area (Å²) in [5.41, 5.74) is -1.49. The van der Waals surface area contributed by atoms with Gasteiger partial charge in [0.1, 0.15) is 0 Å². The van der Waals surface area contributed by atoms with Crippen molar-refractivity contribution in [2.24, 2.45) is 0 Å². The fourth-order valence-electron chi connectivity index (χ4n) is 0.265. The average molecular weight is 155 g/mol. The van der Waals surface area contributed by atoms with Gasteiger partial charge in [-0.05, 0) is 0 Å². The molecule has 1 unspecified atom stereocenters. The second-order valence-corrected chi connectivity index (χ2v) is 1.80. The standard InChI is InChI=1S/C4H7ClO4/c5-4(7)3(6)1-2-9-8/h4,7-8H,1-2H2. The number of ketones is 1. The summed E-state index contributed by atoms with van der Waals surface area (Å²) in [6.07, 6.45) is -0.0822. The van der Waals surface area contributed by atoms with Gasteiger partial charge in [-0.1, -0.05) is 11.6 Å². The number of hydrogen-bond donors (Lipinski definition) is 2. The van der Waals surface area contributed by atoms with E-state index in [4.69, 9.17) is 22.0 Å². The van der Waals surface area contributed by atoms with Crippen molar-refractivity contribution in [1.82, 2.24) is 0 Å². The topological polar surface area (TPSA) is 66.8 Å². The molecule has 9 heavy (non-hydrogen) atoms. The second kappa shape index (κ2) is 4.69. The van der Waals surface area contributed by atoms with Crippen molar-refractivity contribution in [3.63, 3.8) is 0 Å². The molecule has 0 bridgehead atoms. The summed E-state index contributed by atoms with van der Waals surface area (Å²) in [7, 11) is 0. The maximum Gasteiger partial charge on any atom is 0.186 e. The van der Waals surface area contributed by atoms with Crippen LogP contribution in [0.15, 0.2) is 0 Å². The molecular formula is C4H7ClO4. The van der Waals surface area contributed by atoms with Crippen LogP contribution in [0.1, 0.15) is 6.42 Å². The molecule has 2 N–H and O–H groups in total. The molecule has 0 spiro atoms. The number of aliphatic hydroxyl groups excluding tert-OH is 1. The highest BCUT2D eigenvalue weighted by atomic mass is 35.5. The van der Waals surface area contributed by atoms with Crippen LogP contribution in [0.5, 0.6) is 0 Å². The van der Waals surface area contributed by atoms with Crippen LogP contribution in [0.4, 0.5) is 0 Å². The second-order valence-electron chi connectivity index (χ2n) is 1.39. The van der Waals surface area contributed by atoms with Gasteiger partial charge >= 0.3 is 0 Å². The van der Waals surface area contributed by atoms with E-state index < -0.39 is 11.3 Å². The maximum absolute atomic E-state index is 10.3. The van der Waals surface area contributed by atoms with Crippen molar-refractivity contribution in [3.05, 3.63) is 0 Å². The van der Waals surface area contributed by atoms with Gasteiger partial charge in [0, 0.05) is 6.42 Å². The van der Waals surface area contributed by atoms with Crippen molar-refractivity contribution in [3.8, 4) is 0 Å². The van der Waals surface area contributed by atoms with E-state index in [0.717, 1.165) is 0 Å². The van der Waals surface area contributed by atoms with Crippen LogP contribution in [0.25, 0.3) is 0 Å². The first-order valence-electron chi connectivity index (χ1n) is 2.29. The molecule has 0 aromatic carbocycles. The molecule has 0 aliphatic carbocycles. The summed E-state index contributed by atoms with van der Waals surface area (Å²) in [4.78, 5) is 13.9. The van der Waals surface area contributed by atoms with Crippen molar-refractivity contribution in [2.75, 3.05) is 6.61 Å². The molecule has 1 atom stereocenters. The predicted octanol–water partition coefficient (Wildman–Crippen LogP) is -0.00760. The van der Waals surface area contributed by atoms with E-state index in [1.165, 1.54) is 0 Å². The van der Waals surface area contributed by atoms with E-state index in [9.17, 15) is 4.79 Å². The zero-order valence-corrected chi connectivity index (χ0v) is 5.34. The Morgan fingerprint density at radius 1 is 1.78 bits per heavy atom. The third-order valence-electron chi connectivity index (χ3n) is 0.705. The van der Waals surface area contributed by atoms with Gasteiger partial charge in [0.2, 0.25) is 0 Å². The highest BCUT2D eigenvalue weighted by molar-refractivity contribution is 6.29. The molecule has 0 radical (unpaired) electrons. The smallest absolute Gasteiger partial charge is 0.186 e. The summed E-state index contributed by atoms with van der Waals surface area (Å²) in [5, 5.41) is 16.0. The summed E-state index contributed by atoms with van der Waals surface area (Å²) in [5.74, 6) is -0.564. The number of halogens is 1. The van der Waals surface area contributed by atoms with Gasteiger partial charge in [-0.25, -0.2) is 4.89 Å². The first kappa shape index (κ1) is 8.84. The lowest BCUT2D eigenvalue weighted by Gasteiger charge is -1.97. The molecule has 0 saturated heterocycles. The molecule has 0 saturated carbocycles.